The van der Waals surface area contributed by atoms with Crippen molar-refractivity contribution in [3.8, 4) is 0 Å². The average Bonchev–Trinajstić information content (AvgIpc) is 2.39. The normalized spacial score (nSPS) is 25.4. The predicted molar refractivity (Wildman–Crippen MR) is 69.7 cm³/mol. The van der Waals surface area contributed by atoms with E-state index in [4.69, 9.17) is 10.6 Å². The monoisotopic (exact) mass is 288 g/mol. The van der Waals surface area contributed by atoms with Gasteiger partial charge >= 0.3 is 6.18 Å². The van der Waals surface area contributed by atoms with Crippen LogP contribution in [-0.2, 0) is 10.9 Å². The molecule has 0 aliphatic carbocycles. The maximum Gasteiger partial charge on any atom is 0.416 e. The van der Waals surface area contributed by atoms with Crippen molar-refractivity contribution in [3.05, 3.63) is 35.4 Å². The highest BCUT2D eigenvalue weighted by Crippen LogP contribution is 2.38. The van der Waals surface area contributed by atoms with Crippen LogP contribution in [0.15, 0.2) is 24.3 Å². The Morgan fingerprint density at radius 1 is 1.35 bits per heavy atom. The van der Waals surface area contributed by atoms with Crippen molar-refractivity contribution in [1.29, 1.82) is 0 Å². The molecule has 0 saturated carbocycles. The topological polar surface area (TPSA) is 47.3 Å². The fourth-order valence-corrected chi connectivity index (χ4v) is 2.70. The molecule has 1 aromatic carbocycles. The third-order valence-corrected chi connectivity index (χ3v) is 3.82. The second-order valence-electron chi connectivity index (χ2n) is 5.34. The van der Waals surface area contributed by atoms with Crippen molar-refractivity contribution in [1.82, 2.24) is 5.43 Å². The number of nitrogens with two attached hydrogens (primary N) is 1. The van der Waals surface area contributed by atoms with Crippen molar-refractivity contribution < 1.29 is 17.9 Å². The number of hydrazine groups is 1. The first-order valence-corrected chi connectivity index (χ1v) is 6.64. The third kappa shape index (κ3) is 3.13. The van der Waals surface area contributed by atoms with Crippen LogP contribution in [0.3, 0.4) is 0 Å². The lowest BCUT2D eigenvalue weighted by Gasteiger charge is -2.40. The molecule has 1 aliphatic heterocycles. The van der Waals surface area contributed by atoms with Crippen LogP contribution in [0.5, 0.6) is 0 Å². The predicted octanol–water partition coefficient (Wildman–Crippen LogP) is 3.17. The van der Waals surface area contributed by atoms with Gasteiger partial charge in [-0.2, -0.15) is 13.2 Å². The Morgan fingerprint density at radius 3 is 2.65 bits per heavy atom. The van der Waals surface area contributed by atoms with Gasteiger partial charge in [0.2, 0.25) is 0 Å². The molecule has 1 aromatic rings. The zero-order valence-corrected chi connectivity index (χ0v) is 11.3. The van der Waals surface area contributed by atoms with E-state index in [9.17, 15) is 13.2 Å². The van der Waals surface area contributed by atoms with Crippen LogP contribution < -0.4 is 11.3 Å². The zero-order valence-electron chi connectivity index (χ0n) is 11.3. The third-order valence-electron chi connectivity index (χ3n) is 3.82. The van der Waals surface area contributed by atoms with Crippen LogP contribution in [0.1, 0.15) is 43.4 Å². The van der Waals surface area contributed by atoms with Gasteiger partial charge in [-0.15, -0.1) is 0 Å². The summed E-state index contributed by atoms with van der Waals surface area (Å²) < 4.78 is 44.1. The largest absolute Gasteiger partial charge is 0.416 e. The molecule has 0 aromatic heterocycles. The van der Waals surface area contributed by atoms with Crippen molar-refractivity contribution in [2.24, 2.45) is 5.84 Å². The molecule has 0 bridgehead atoms. The Bertz CT molecular complexity index is 456. The average molecular weight is 288 g/mol. The molecule has 1 aliphatic rings. The summed E-state index contributed by atoms with van der Waals surface area (Å²) in [6, 6.07) is 4.76. The van der Waals surface area contributed by atoms with Gasteiger partial charge in [0.1, 0.15) is 0 Å². The molecule has 20 heavy (non-hydrogen) atoms. The van der Waals surface area contributed by atoms with Crippen LogP contribution in [-0.4, -0.2) is 12.2 Å². The van der Waals surface area contributed by atoms with Crippen molar-refractivity contribution in [3.63, 3.8) is 0 Å². The zero-order chi connectivity index (χ0) is 14.8. The van der Waals surface area contributed by atoms with Gasteiger partial charge in [-0.25, -0.2) is 0 Å². The molecule has 2 rings (SSSR count). The van der Waals surface area contributed by atoms with Gasteiger partial charge < -0.3 is 4.74 Å². The smallest absolute Gasteiger partial charge is 0.373 e. The van der Waals surface area contributed by atoms with Gasteiger partial charge in [-0.05, 0) is 43.9 Å². The molecule has 1 heterocycles. The van der Waals surface area contributed by atoms with Crippen molar-refractivity contribution >= 4 is 0 Å². The van der Waals surface area contributed by atoms with Crippen LogP contribution in [0.4, 0.5) is 13.2 Å². The van der Waals surface area contributed by atoms with Crippen molar-refractivity contribution in [2.75, 3.05) is 6.61 Å². The standard InChI is InChI=1S/C14H19F3N2O/c1-13(7-2-3-8-20-13)12(19-18)10-5-4-6-11(9-10)14(15,16)17/h4-6,9,12,19H,2-3,7-8,18H2,1H3. The van der Waals surface area contributed by atoms with E-state index in [-0.39, 0.29) is 0 Å². The SMILES string of the molecule is CC1(C(NN)c2cccc(C(F)(F)F)c2)CCCCO1. The van der Waals surface area contributed by atoms with Crippen molar-refractivity contribution in [2.45, 2.75) is 44.0 Å². The molecule has 3 N–H and O–H groups in total. The number of ether oxygens (including phenoxy) is 1. The second-order valence-corrected chi connectivity index (χ2v) is 5.34. The summed E-state index contributed by atoms with van der Waals surface area (Å²) in [5.41, 5.74) is 1.85. The minimum atomic E-state index is -4.36. The first kappa shape index (κ1) is 15.3. The number of hydrogen-bond acceptors (Lipinski definition) is 3. The first-order valence-electron chi connectivity index (χ1n) is 6.64. The van der Waals surface area contributed by atoms with Gasteiger partial charge in [0, 0.05) is 6.61 Å². The van der Waals surface area contributed by atoms with E-state index in [1.54, 1.807) is 6.07 Å². The minimum Gasteiger partial charge on any atom is -0.373 e. The Hall–Kier alpha value is -1.11. The Balaban J connectivity index is 2.32. The fraction of sp³-hybridized carbons (Fsp3) is 0.571. The van der Waals surface area contributed by atoms with E-state index in [2.05, 4.69) is 5.43 Å². The summed E-state index contributed by atoms with van der Waals surface area (Å²) in [5.74, 6) is 5.57. The number of rotatable bonds is 3. The molecule has 0 radical (unpaired) electrons. The van der Waals surface area contributed by atoms with Gasteiger partial charge in [-0.3, -0.25) is 11.3 Å². The Labute approximate surface area is 116 Å². The molecular weight excluding hydrogens is 269 g/mol. The van der Waals surface area contributed by atoms with Gasteiger partial charge in [-0.1, -0.05) is 12.1 Å². The van der Waals surface area contributed by atoms with E-state index >= 15 is 0 Å². The van der Waals surface area contributed by atoms with E-state index in [0.29, 0.717) is 12.2 Å². The molecule has 3 nitrogen and oxygen atoms in total. The molecule has 112 valence electrons. The van der Waals surface area contributed by atoms with Crippen LogP contribution in [0, 0.1) is 0 Å². The quantitative estimate of drug-likeness (QED) is 0.663. The molecule has 6 heteroatoms. The molecule has 2 atom stereocenters. The Kier molecular flexibility index (Phi) is 4.36. The molecule has 2 unspecified atom stereocenters. The highest BCUT2D eigenvalue weighted by atomic mass is 19.4. The number of alkyl halides is 3. The molecular formula is C14H19F3N2O. The second kappa shape index (κ2) is 5.71. The number of benzene rings is 1. The summed E-state index contributed by atoms with van der Waals surface area (Å²) in [5, 5.41) is 0. The highest BCUT2D eigenvalue weighted by Gasteiger charge is 2.38. The number of nitrogens with one attached hydrogen (secondary N) is 1. The molecule has 1 fully saturated rings. The number of hydrogen-bond donors (Lipinski definition) is 2. The fourth-order valence-electron chi connectivity index (χ4n) is 2.70. The summed E-state index contributed by atoms with van der Waals surface area (Å²) in [7, 11) is 0. The maximum absolute atomic E-state index is 12.8. The van der Waals surface area contributed by atoms with E-state index in [0.717, 1.165) is 31.4 Å². The lowest BCUT2D eigenvalue weighted by molar-refractivity contribution is -0.137. The van der Waals surface area contributed by atoms with Gasteiger partial charge in [0.05, 0.1) is 17.2 Å². The van der Waals surface area contributed by atoms with E-state index in [1.807, 2.05) is 6.92 Å². The molecule has 1 saturated heterocycles. The summed E-state index contributed by atoms with van der Waals surface area (Å²) >= 11 is 0. The van der Waals surface area contributed by atoms with Crippen LogP contribution >= 0.6 is 0 Å². The first-order chi connectivity index (χ1) is 9.37. The van der Waals surface area contributed by atoms with E-state index in [1.165, 1.54) is 6.07 Å². The maximum atomic E-state index is 12.8. The number of halogens is 3. The van der Waals surface area contributed by atoms with Crippen LogP contribution in [0.2, 0.25) is 0 Å². The summed E-state index contributed by atoms with van der Waals surface area (Å²) in [6.07, 6.45) is -1.65. The van der Waals surface area contributed by atoms with Gasteiger partial charge in [0.15, 0.2) is 0 Å². The molecule has 0 spiro atoms. The summed E-state index contributed by atoms with van der Waals surface area (Å²) in [4.78, 5) is 0. The highest BCUT2D eigenvalue weighted by molar-refractivity contribution is 5.29. The van der Waals surface area contributed by atoms with Gasteiger partial charge in [0.25, 0.3) is 0 Å². The molecule has 0 amide bonds. The van der Waals surface area contributed by atoms with Crippen LogP contribution in [0.25, 0.3) is 0 Å². The lowest BCUT2D eigenvalue weighted by atomic mass is 9.84. The minimum absolute atomic E-state index is 0.468. The Morgan fingerprint density at radius 2 is 2.10 bits per heavy atom. The lowest BCUT2D eigenvalue weighted by Crippen LogP contribution is -2.48. The summed E-state index contributed by atoms with van der Waals surface area (Å²) in [6.45, 7) is 2.49. The van der Waals surface area contributed by atoms with E-state index < -0.39 is 23.4 Å².